The molecular formula is C22H21BrN2O3S2. The fourth-order valence-electron chi connectivity index (χ4n) is 3.74. The van der Waals surface area contributed by atoms with Gasteiger partial charge in [-0.25, -0.2) is 4.98 Å². The van der Waals surface area contributed by atoms with Gasteiger partial charge in [-0.05, 0) is 48.7 Å². The van der Waals surface area contributed by atoms with Crippen molar-refractivity contribution >= 4 is 66.8 Å². The fraction of sp³-hybridized carbons (Fsp3) is 0.318. The Balaban J connectivity index is 1.43. The van der Waals surface area contributed by atoms with E-state index in [2.05, 4.69) is 38.4 Å². The predicted octanol–water partition coefficient (Wildman–Crippen LogP) is 6.18. The van der Waals surface area contributed by atoms with Gasteiger partial charge < -0.3 is 10.4 Å². The summed E-state index contributed by atoms with van der Waals surface area (Å²) in [5.41, 5.74) is 2.82. The number of carboxylic acids is 1. The maximum atomic E-state index is 12.7. The minimum atomic E-state index is -0.875. The van der Waals surface area contributed by atoms with Crippen molar-refractivity contribution in [2.45, 2.75) is 35.8 Å². The minimum absolute atomic E-state index is 0.198. The molecule has 0 aliphatic heterocycles. The number of hydrogen-bond donors (Lipinski definition) is 2. The number of benzene rings is 2. The number of rotatable bonds is 6. The number of carbonyl (C=O) groups is 2. The van der Waals surface area contributed by atoms with E-state index in [1.54, 1.807) is 23.1 Å². The number of aromatic nitrogens is 1. The summed E-state index contributed by atoms with van der Waals surface area (Å²) in [6.45, 7) is 0. The molecule has 1 aliphatic carbocycles. The summed E-state index contributed by atoms with van der Waals surface area (Å²) in [5, 5.41) is 12.3. The second-order valence-electron chi connectivity index (χ2n) is 7.40. The van der Waals surface area contributed by atoms with Gasteiger partial charge >= 0.3 is 5.97 Å². The lowest BCUT2D eigenvalue weighted by Gasteiger charge is -2.27. The SMILES string of the molecule is O=C(O)[C@@H]1CCCC[C@H]1C(=O)Nc1ccc2nc(SCc3ccc(Br)cc3)sc2c1. The number of amides is 1. The van der Waals surface area contributed by atoms with E-state index < -0.39 is 17.8 Å². The monoisotopic (exact) mass is 504 g/mol. The van der Waals surface area contributed by atoms with Gasteiger partial charge in [0.1, 0.15) is 0 Å². The van der Waals surface area contributed by atoms with Crippen molar-refractivity contribution in [3.05, 3.63) is 52.5 Å². The Morgan fingerprint density at radius 1 is 1.13 bits per heavy atom. The van der Waals surface area contributed by atoms with Gasteiger partial charge in [-0.3, -0.25) is 9.59 Å². The number of fused-ring (bicyclic) bond motifs is 1. The highest BCUT2D eigenvalue weighted by Crippen LogP contribution is 2.34. The normalized spacial score (nSPS) is 19.0. The zero-order valence-corrected chi connectivity index (χ0v) is 19.4. The van der Waals surface area contributed by atoms with Crippen molar-refractivity contribution in [3.63, 3.8) is 0 Å². The molecule has 5 nitrogen and oxygen atoms in total. The smallest absolute Gasteiger partial charge is 0.307 e. The Bertz CT molecular complexity index is 1070. The van der Waals surface area contributed by atoms with Crippen LogP contribution in [0, 0.1) is 11.8 Å². The molecule has 3 aromatic rings. The number of nitrogens with zero attached hydrogens (tertiary/aromatic N) is 1. The van der Waals surface area contributed by atoms with E-state index in [9.17, 15) is 14.7 Å². The molecule has 2 aromatic carbocycles. The maximum Gasteiger partial charge on any atom is 0.307 e. The quantitative estimate of drug-likeness (QED) is 0.391. The van der Waals surface area contributed by atoms with Crippen molar-refractivity contribution in [3.8, 4) is 0 Å². The molecule has 1 fully saturated rings. The van der Waals surface area contributed by atoms with Crippen LogP contribution in [0.15, 0.2) is 51.3 Å². The zero-order chi connectivity index (χ0) is 21.1. The average Bonchev–Trinajstić information content (AvgIpc) is 3.15. The van der Waals surface area contributed by atoms with E-state index in [4.69, 9.17) is 0 Å². The largest absolute Gasteiger partial charge is 0.481 e. The van der Waals surface area contributed by atoms with Crippen LogP contribution in [0.3, 0.4) is 0 Å². The Labute approximate surface area is 191 Å². The topological polar surface area (TPSA) is 79.3 Å². The van der Waals surface area contributed by atoms with Gasteiger partial charge in [-0.2, -0.15) is 0 Å². The van der Waals surface area contributed by atoms with Gasteiger partial charge in [0.25, 0.3) is 0 Å². The van der Waals surface area contributed by atoms with Crippen LogP contribution in [-0.2, 0) is 15.3 Å². The van der Waals surface area contributed by atoms with Crippen LogP contribution >= 0.6 is 39.0 Å². The van der Waals surface area contributed by atoms with Crippen LogP contribution in [0.4, 0.5) is 5.69 Å². The molecule has 1 saturated carbocycles. The molecule has 2 N–H and O–H groups in total. The number of hydrogen-bond acceptors (Lipinski definition) is 5. The summed E-state index contributed by atoms with van der Waals surface area (Å²) in [6, 6.07) is 13.9. The van der Waals surface area contributed by atoms with Crippen LogP contribution in [0.1, 0.15) is 31.2 Å². The third-order valence-corrected chi connectivity index (χ3v) is 8.09. The van der Waals surface area contributed by atoms with Crippen molar-refractivity contribution < 1.29 is 14.7 Å². The lowest BCUT2D eigenvalue weighted by molar-refractivity contribution is -0.147. The van der Waals surface area contributed by atoms with Crippen LogP contribution in [0.25, 0.3) is 10.2 Å². The first-order chi connectivity index (χ1) is 14.5. The number of nitrogens with one attached hydrogen (secondary N) is 1. The van der Waals surface area contributed by atoms with Gasteiger partial charge in [0.2, 0.25) is 5.91 Å². The number of aliphatic carboxylic acids is 1. The van der Waals surface area contributed by atoms with Gasteiger partial charge in [0.05, 0.1) is 22.1 Å². The van der Waals surface area contributed by atoms with E-state index in [1.165, 1.54) is 5.56 Å². The Kier molecular flexibility index (Phi) is 6.75. The van der Waals surface area contributed by atoms with Gasteiger partial charge in [-0.1, -0.05) is 52.7 Å². The Hall–Kier alpha value is -1.90. The molecule has 4 rings (SSSR count). The number of thioether (sulfide) groups is 1. The van der Waals surface area contributed by atoms with E-state index in [0.29, 0.717) is 18.5 Å². The molecule has 1 aromatic heterocycles. The summed E-state index contributed by atoms with van der Waals surface area (Å²) in [5.74, 6) is -1.29. The third kappa shape index (κ3) is 5.04. The zero-order valence-electron chi connectivity index (χ0n) is 16.1. The molecule has 30 heavy (non-hydrogen) atoms. The summed E-state index contributed by atoms with van der Waals surface area (Å²) in [7, 11) is 0. The third-order valence-electron chi connectivity index (χ3n) is 5.33. The highest BCUT2D eigenvalue weighted by Gasteiger charge is 2.35. The first kappa shape index (κ1) is 21.3. The minimum Gasteiger partial charge on any atom is -0.481 e. The predicted molar refractivity (Wildman–Crippen MR) is 125 cm³/mol. The summed E-state index contributed by atoms with van der Waals surface area (Å²) < 4.78 is 3.05. The van der Waals surface area contributed by atoms with Crippen LogP contribution in [-0.4, -0.2) is 22.0 Å². The Morgan fingerprint density at radius 3 is 2.60 bits per heavy atom. The van der Waals surface area contributed by atoms with E-state index >= 15 is 0 Å². The number of halogens is 1. The standard InChI is InChI=1S/C22H21BrN2O3S2/c23-14-7-5-13(6-8-14)12-29-22-25-18-10-9-15(11-19(18)30-22)24-20(26)16-3-1-2-4-17(16)21(27)28/h5-11,16-17H,1-4,12H2,(H,24,26)(H,27,28)/t16-,17-/m1/s1. The highest BCUT2D eigenvalue weighted by atomic mass is 79.9. The van der Waals surface area contributed by atoms with Gasteiger partial charge in [0.15, 0.2) is 4.34 Å². The molecule has 1 heterocycles. The fourth-order valence-corrected chi connectivity index (χ4v) is 6.07. The first-order valence-corrected chi connectivity index (χ1v) is 12.4. The van der Waals surface area contributed by atoms with Crippen molar-refractivity contribution in [2.24, 2.45) is 11.8 Å². The van der Waals surface area contributed by atoms with Gasteiger partial charge in [0, 0.05) is 15.9 Å². The molecule has 0 radical (unpaired) electrons. The van der Waals surface area contributed by atoms with Crippen LogP contribution < -0.4 is 5.32 Å². The molecule has 8 heteroatoms. The molecule has 0 spiro atoms. The summed E-state index contributed by atoms with van der Waals surface area (Å²) in [6.07, 6.45) is 2.96. The summed E-state index contributed by atoms with van der Waals surface area (Å²) in [4.78, 5) is 28.9. The number of carbonyl (C=O) groups excluding carboxylic acids is 1. The molecule has 0 bridgehead atoms. The molecule has 2 atom stereocenters. The molecule has 0 unspecified atom stereocenters. The molecule has 1 amide bonds. The van der Waals surface area contributed by atoms with E-state index in [1.807, 2.05) is 30.3 Å². The molecule has 0 saturated heterocycles. The summed E-state index contributed by atoms with van der Waals surface area (Å²) >= 11 is 6.74. The number of carboxylic acid groups (broad SMARTS) is 1. The number of anilines is 1. The lowest BCUT2D eigenvalue weighted by Crippen LogP contribution is -2.36. The van der Waals surface area contributed by atoms with Gasteiger partial charge in [-0.15, -0.1) is 11.3 Å². The number of thiazole rings is 1. The van der Waals surface area contributed by atoms with Crippen molar-refractivity contribution in [1.29, 1.82) is 0 Å². The van der Waals surface area contributed by atoms with E-state index in [-0.39, 0.29) is 5.91 Å². The molecule has 1 aliphatic rings. The van der Waals surface area contributed by atoms with Crippen LogP contribution in [0.2, 0.25) is 0 Å². The molecular weight excluding hydrogens is 484 g/mol. The lowest BCUT2D eigenvalue weighted by atomic mass is 9.78. The molecule has 156 valence electrons. The average molecular weight is 505 g/mol. The van der Waals surface area contributed by atoms with E-state index in [0.717, 1.165) is 37.6 Å². The van der Waals surface area contributed by atoms with Crippen molar-refractivity contribution in [2.75, 3.05) is 5.32 Å². The Morgan fingerprint density at radius 2 is 1.87 bits per heavy atom. The second kappa shape index (κ2) is 9.49. The van der Waals surface area contributed by atoms with Crippen molar-refractivity contribution in [1.82, 2.24) is 4.98 Å². The maximum absolute atomic E-state index is 12.7. The van der Waals surface area contributed by atoms with Crippen LogP contribution in [0.5, 0.6) is 0 Å². The second-order valence-corrected chi connectivity index (χ2v) is 10.6. The first-order valence-electron chi connectivity index (χ1n) is 9.81. The highest BCUT2D eigenvalue weighted by molar-refractivity contribution is 9.10.